The lowest BCUT2D eigenvalue weighted by Gasteiger charge is -2.34. The molecule has 156 valence electrons. The van der Waals surface area contributed by atoms with Gasteiger partial charge in [-0.15, -0.1) is 0 Å². The van der Waals surface area contributed by atoms with Gasteiger partial charge in [-0.3, -0.25) is 9.59 Å². The summed E-state index contributed by atoms with van der Waals surface area (Å²) in [6.45, 7) is 1.86. The van der Waals surface area contributed by atoms with Crippen molar-refractivity contribution in [1.82, 2.24) is 9.61 Å². The van der Waals surface area contributed by atoms with E-state index in [-0.39, 0.29) is 6.04 Å². The highest BCUT2D eigenvalue weighted by molar-refractivity contribution is 6.02. The molecule has 5 N–H and O–H groups in total. The number of aromatic nitrogens is 2. The highest BCUT2D eigenvalue weighted by Crippen LogP contribution is 2.33. The lowest BCUT2D eigenvalue weighted by molar-refractivity contribution is -0.105. The van der Waals surface area contributed by atoms with Crippen LogP contribution >= 0.6 is 0 Å². The summed E-state index contributed by atoms with van der Waals surface area (Å²) < 4.78 is 1.72. The molecule has 8 nitrogen and oxygen atoms in total. The molecule has 1 aliphatic carbocycles. The first-order chi connectivity index (χ1) is 14.4. The van der Waals surface area contributed by atoms with Gasteiger partial charge in [0, 0.05) is 23.5 Å². The van der Waals surface area contributed by atoms with Gasteiger partial charge in [0.1, 0.15) is 0 Å². The van der Waals surface area contributed by atoms with E-state index < -0.39 is 11.5 Å². The number of hydrogen-bond donors (Lipinski definition) is 4. The molecule has 1 aliphatic rings. The Hall–Kier alpha value is -3.39. The van der Waals surface area contributed by atoms with Gasteiger partial charge in [0.25, 0.3) is 5.91 Å². The monoisotopic (exact) mass is 407 g/mol. The number of carbonyl (C=O) groups excluding carboxylic acids is 2. The van der Waals surface area contributed by atoms with Crippen LogP contribution < -0.4 is 16.4 Å². The quantitative estimate of drug-likeness (QED) is 0.468. The molecule has 2 amide bonds. The fourth-order valence-electron chi connectivity index (χ4n) is 3.97. The first-order valence-electron chi connectivity index (χ1n) is 9.97. The molecule has 8 heteroatoms. The first-order valence-corrected chi connectivity index (χ1v) is 9.97. The number of anilines is 2. The molecule has 2 heterocycles. The van der Waals surface area contributed by atoms with Crippen molar-refractivity contribution >= 4 is 29.2 Å². The van der Waals surface area contributed by atoms with E-state index in [1.54, 1.807) is 4.52 Å². The summed E-state index contributed by atoms with van der Waals surface area (Å²) in [6.07, 6.45) is 7.02. The van der Waals surface area contributed by atoms with Crippen molar-refractivity contribution in [2.45, 2.75) is 44.2 Å². The van der Waals surface area contributed by atoms with Crippen LogP contribution in [0.2, 0.25) is 0 Å². The number of aliphatic hydroxyl groups is 1. The molecule has 0 unspecified atom stereocenters. The van der Waals surface area contributed by atoms with Gasteiger partial charge in [0.2, 0.25) is 6.41 Å². The maximum Gasteiger partial charge on any atom is 0.252 e. The maximum absolute atomic E-state index is 12.0. The van der Waals surface area contributed by atoms with Crippen molar-refractivity contribution in [3.05, 3.63) is 48.3 Å². The molecule has 0 atom stereocenters. The predicted octanol–water partition coefficient (Wildman–Crippen LogP) is 2.77. The lowest BCUT2D eigenvalue weighted by atomic mass is 9.83. The van der Waals surface area contributed by atoms with E-state index in [2.05, 4.69) is 15.7 Å². The minimum Gasteiger partial charge on any atom is -0.390 e. The molecule has 30 heavy (non-hydrogen) atoms. The van der Waals surface area contributed by atoms with Gasteiger partial charge in [-0.25, -0.2) is 4.52 Å². The van der Waals surface area contributed by atoms with Crippen LogP contribution in [-0.4, -0.2) is 38.7 Å². The summed E-state index contributed by atoms with van der Waals surface area (Å²) in [5, 5.41) is 20.7. The van der Waals surface area contributed by atoms with E-state index in [0.29, 0.717) is 36.2 Å². The summed E-state index contributed by atoms with van der Waals surface area (Å²) in [7, 11) is 0. The third kappa shape index (κ3) is 3.99. The number of carbonyl (C=O) groups is 2. The van der Waals surface area contributed by atoms with Crippen LogP contribution in [0.4, 0.5) is 11.4 Å². The fraction of sp³-hybridized carbons (Fsp3) is 0.318. The van der Waals surface area contributed by atoms with Gasteiger partial charge in [0.05, 0.1) is 28.6 Å². The third-order valence-corrected chi connectivity index (χ3v) is 5.76. The second-order valence-corrected chi connectivity index (χ2v) is 8.11. The number of hydrogen-bond acceptors (Lipinski definition) is 5. The van der Waals surface area contributed by atoms with Crippen molar-refractivity contribution in [3.8, 4) is 11.1 Å². The zero-order valence-corrected chi connectivity index (χ0v) is 16.8. The number of fused-ring (bicyclic) bond motifs is 1. The molecule has 2 aromatic heterocycles. The molecular formula is C22H25N5O3. The van der Waals surface area contributed by atoms with Gasteiger partial charge >= 0.3 is 0 Å². The van der Waals surface area contributed by atoms with Gasteiger partial charge in [-0.1, -0.05) is 12.1 Å². The molecule has 0 bridgehead atoms. The van der Waals surface area contributed by atoms with E-state index >= 15 is 0 Å². The predicted molar refractivity (Wildman–Crippen MR) is 115 cm³/mol. The molecule has 1 saturated carbocycles. The molecule has 0 spiro atoms. The van der Waals surface area contributed by atoms with Crippen LogP contribution in [0.1, 0.15) is 43.0 Å². The Kier molecular flexibility index (Phi) is 5.17. The normalized spacial score (nSPS) is 21.3. The van der Waals surface area contributed by atoms with Crippen molar-refractivity contribution < 1.29 is 14.7 Å². The number of nitrogens with two attached hydrogens (primary N) is 1. The second-order valence-electron chi connectivity index (χ2n) is 8.11. The van der Waals surface area contributed by atoms with E-state index in [4.69, 9.17) is 5.73 Å². The SMILES string of the molecule is C[C@]1(O)CC[C@@H](Nc2c(C(N)=O)cnn3cc(-c4ccc(NC=O)cc4)cc23)CC1. The Labute approximate surface area is 174 Å². The molecule has 1 fully saturated rings. The van der Waals surface area contributed by atoms with Gasteiger partial charge < -0.3 is 21.5 Å². The van der Waals surface area contributed by atoms with E-state index in [1.807, 2.05) is 43.5 Å². The zero-order chi connectivity index (χ0) is 21.3. The highest BCUT2D eigenvalue weighted by Gasteiger charge is 2.29. The minimum atomic E-state index is -0.634. The number of nitrogens with one attached hydrogen (secondary N) is 2. The Morgan fingerprint density at radius 1 is 1.27 bits per heavy atom. The van der Waals surface area contributed by atoms with Crippen LogP contribution in [-0.2, 0) is 4.79 Å². The number of nitrogens with zero attached hydrogens (tertiary/aromatic N) is 2. The van der Waals surface area contributed by atoms with Crippen molar-refractivity contribution in [2.75, 3.05) is 10.6 Å². The molecule has 0 radical (unpaired) electrons. The van der Waals surface area contributed by atoms with Crippen LogP contribution in [0.15, 0.2) is 42.7 Å². The smallest absolute Gasteiger partial charge is 0.252 e. The van der Waals surface area contributed by atoms with Crippen molar-refractivity contribution in [2.24, 2.45) is 5.73 Å². The Balaban J connectivity index is 1.69. The molecular weight excluding hydrogens is 382 g/mol. The summed E-state index contributed by atoms with van der Waals surface area (Å²) in [5.41, 5.74) is 9.34. The average molecular weight is 407 g/mol. The number of primary amides is 1. The van der Waals surface area contributed by atoms with Crippen LogP contribution in [0.3, 0.4) is 0 Å². The van der Waals surface area contributed by atoms with Gasteiger partial charge in [-0.05, 0) is 56.4 Å². The largest absolute Gasteiger partial charge is 0.390 e. The number of benzene rings is 1. The minimum absolute atomic E-state index is 0.140. The number of amides is 2. The molecule has 0 saturated heterocycles. The summed E-state index contributed by atoms with van der Waals surface area (Å²) in [6, 6.07) is 9.56. The second kappa shape index (κ2) is 7.79. The van der Waals surface area contributed by atoms with E-state index in [1.165, 1.54) is 6.20 Å². The van der Waals surface area contributed by atoms with E-state index in [0.717, 1.165) is 29.5 Å². The van der Waals surface area contributed by atoms with E-state index in [9.17, 15) is 14.7 Å². The van der Waals surface area contributed by atoms with Crippen LogP contribution in [0, 0.1) is 0 Å². The van der Waals surface area contributed by atoms with Crippen LogP contribution in [0.25, 0.3) is 16.6 Å². The van der Waals surface area contributed by atoms with Crippen molar-refractivity contribution in [1.29, 1.82) is 0 Å². The fourth-order valence-corrected chi connectivity index (χ4v) is 3.97. The number of rotatable bonds is 6. The van der Waals surface area contributed by atoms with Gasteiger partial charge in [0.15, 0.2) is 0 Å². The molecule has 3 aromatic rings. The molecule has 1 aromatic carbocycles. The third-order valence-electron chi connectivity index (χ3n) is 5.76. The molecule has 0 aliphatic heterocycles. The zero-order valence-electron chi connectivity index (χ0n) is 16.8. The Bertz CT molecular complexity index is 1080. The van der Waals surface area contributed by atoms with Gasteiger partial charge in [-0.2, -0.15) is 5.10 Å². The Morgan fingerprint density at radius 2 is 1.97 bits per heavy atom. The summed E-state index contributed by atoms with van der Waals surface area (Å²) in [5.74, 6) is -0.539. The highest BCUT2D eigenvalue weighted by atomic mass is 16.3. The average Bonchev–Trinajstić information content (AvgIpc) is 3.15. The Morgan fingerprint density at radius 3 is 2.60 bits per heavy atom. The summed E-state index contributed by atoms with van der Waals surface area (Å²) in [4.78, 5) is 22.6. The first kappa shape index (κ1) is 19.9. The topological polar surface area (TPSA) is 122 Å². The maximum atomic E-state index is 12.0. The lowest BCUT2D eigenvalue weighted by Crippen LogP contribution is -2.36. The molecule has 4 rings (SSSR count). The van der Waals surface area contributed by atoms with Crippen molar-refractivity contribution in [3.63, 3.8) is 0 Å². The van der Waals surface area contributed by atoms with Crippen LogP contribution in [0.5, 0.6) is 0 Å². The standard InChI is InChI=1S/C22H25N5O3/c1-22(30)8-6-17(7-9-22)26-20-18(21(23)29)11-25-27-12-15(10-19(20)27)14-2-4-16(5-3-14)24-13-28/h2-5,10-13,17,26,30H,6-9H2,1H3,(H2,23,29)(H,24,28)/t17-,22+. The summed E-state index contributed by atoms with van der Waals surface area (Å²) >= 11 is 0.